The van der Waals surface area contributed by atoms with Crippen molar-refractivity contribution in [3.8, 4) is 11.5 Å². The summed E-state index contributed by atoms with van der Waals surface area (Å²) in [6, 6.07) is 15.0. The fourth-order valence-electron chi connectivity index (χ4n) is 3.12. The molecule has 0 fully saturated rings. The molecule has 2 heterocycles. The molecular weight excluding hydrogens is 364 g/mol. The van der Waals surface area contributed by atoms with Crippen LogP contribution in [0.15, 0.2) is 78.4 Å². The first kappa shape index (κ1) is 18.7. The number of nitrogens with zero attached hydrogens (tertiary/aromatic N) is 4. The van der Waals surface area contributed by atoms with E-state index in [1.807, 2.05) is 66.7 Å². The summed E-state index contributed by atoms with van der Waals surface area (Å²) >= 11 is 0. The number of ether oxygens (including phenoxy) is 1. The molecule has 4 aromatic rings. The van der Waals surface area contributed by atoms with Crippen molar-refractivity contribution in [2.24, 2.45) is 12.0 Å². The van der Waals surface area contributed by atoms with E-state index in [-0.39, 0.29) is 5.75 Å². The zero-order valence-electron chi connectivity index (χ0n) is 16.3. The number of aliphatic imine (C=N–C) groups is 1. The summed E-state index contributed by atoms with van der Waals surface area (Å²) in [5, 5.41) is 11.4. The monoisotopic (exact) mass is 387 g/mol. The second-order valence-corrected chi connectivity index (χ2v) is 6.85. The van der Waals surface area contributed by atoms with Crippen molar-refractivity contribution in [2.45, 2.75) is 13.0 Å². The van der Waals surface area contributed by atoms with E-state index in [2.05, 4.69) is 14.5 Å². The van der Waals surface area contributed by atoms with Crippen molar-refractivity contribution in [3.63, 3.8) is 0 Å². The van der Waals surface area contributed by atoms with E-state index in [1.165, 1.54) is 0 Å². The summed E-state index contributed by atoms with van der Waals surface area (Å²) in [6.07, 6.45) is 10.4. The zero-order chi connectivity index (χ0) is 20.1. The predicted octanol–water partition coefficient (Wildman–Crippen LogP) is 3.79. The molecule has 0 amide bonds. The van der Waals surface area contributed by atoms with Crippen LogP contribution in [0, 0.1) is 0 Å². The third kappa shape index (κ3) is 4.60. The van der Waals surface area contributed by atoms with Crippen molar-refractivity contribution in [3.05, 3.63) is 79.0 Å². The van der Waals surface area contributed by atoms with Gasteiger partial charge in [0, 0.05) is 35.8 Å². The lowest BCUT2D eigenvalue weighted by molar-refractivity contribution is -0.671. The van der Waals surface area contributed by atoms with Crippen molar-refractivity contribution < 1.29 is 14.4 Å². The van der Waals surface area contributed by atoms with E-state index in [1.54, 1.807) is 24.5 Å². The SMILES string of the molecule is C[n+]1ccn(CCCOc2ccc(C=Nc3cccc4cccnc34)c(O)c2)c1. The quantitative estimate of drug-likeness (QED) is 0.298. The number of para-hydroxylation sites is 1. The number of imidazole rings is 1. The van der Waals surface area contributed by atoms with Gasteiger partial charge < -0.3 is 9.84 Å². The fourth-order valence-corrected chi connectivity index (χ4v) is 3.12. The van der Waals surface area contributed by atoms with Crippen molar-refractivity contribution in [1.29, 1.82) is 0 Å². The second kappa shape index (κ2) is 8.56. The highest BCUT2D eigenvalue weighted by molar-refractivity contribution is 5.93. The van der Waals surface area contributed by atoms with Gasteiger partial charge in [0.1, 0.15) is 23.9 Å². The van der Waals surface area contributed by atoms with Crippen molar-refractivity contribution >= 4 is 22.8 Å². The van der Waals surface area contributed by atoms with Gasteiger partial charge in [0.2, 0.25) is 6.33 Å². The van der Waals surface area contributed by atoms with E-state index in [0.717, 1.165) is 29.6 Å². The van der Waals surface area contributed by atoms with Gasteiger partial charge in [-0.15, -0.1) is 0 Å². The first-order chi connectivity index (χ1) is 14.2. The van der Waals surface area contributed by atoms with Crippen LogP contribution in [0.1, 0.15) is 12.0 Å². The van der Waals surface area contributed by atoms with Gasteiger partial charge >= 0.3 is 0 Å². The van der Waals surface area contributed by atoms with Gasteiger partial charge in [-0.05, 0) is 24.3 Å². The lowest BCUT2D eigenvalue weighted by atomic mass is 10.2. The van der Waals surface area contributed by atoms with E-state index < -0.39 is 0 Å². The van der Waals surface area contributed by atoms with Crippen LogP contribution in [-0.2, 0) is 13.6 Å². The average Bonchev–Trinajstić information content (AvgIpc) is 3.15. The molecule has 29 heavy (non-hydrogen) atoms. The normalized spacial score (nSPS) is 11.3. The molecule has 6 nitrogen and oxygen atoms in total. The summed E-state index contributed by atoms with van der Waals surface area (Å²) < 4.78 is 9.88. The topological polar surface area (TPSA) is 63.5 Å². The van der Waals surface area contributed by atoms with Crippen molar-refractivity contribution in [1.82, 2.24) is 9.55 Å². The van der Waals surface area contributed by atoms with Crippen molar-refractivity contribution in [2.75, 3.05) is 6.61 Å². The molecule has 0 aliphatic carbocycles. The minimum Gasteiger partial charge on any atom is -0.507 e. The Morgan fingerprint density at radius 3 is 2.93 bits per heavy atom. The van der Waals surface area contributed by atoms with Gasteiger partial charge in [0.05, 0.1) is 31.4 Å². The van der Waals surface area contributed by atoms with E-state index in [0.29, 0.717) is 17.9 Å². The fraction of sp³-hybridized carbons (Fsp3) is 0.174. The minimum absolute atomic E-state index is 0.136. The van der Waals surface area contributed by atoms with Crippen LogP contribution in [0.5, 0.6) is 11.5 Å². The molecule has 146 valence electrons. The standard InChI is InChI=1S/C23H22N4O2/c1-26-12-13-27(17-26)11-4-14-29-20-9-8-19(22(28)15-20)16-25-21-7-2-5-18-6-3-10-24-23(18)21/h2-3,5-10,12-13,15-17H,4,11,14H2,1H3/p+1. The Morgan fingerprint density at radius 1 is 1.21 bits per heavy atom. The number of phenols is 1. The van der Waals surface area contributed by atoms with E-state index >= 15 is 0 Å². The maximum absolute atomic E-state index is 10.3. The number of hydrogen-bond donors (Lipinski definition) is 1. The Bertz CT molecular complexity index is 1150. The van der Waals surface area contributed by atoms with Crippen LogP contribution in [0.25, 0.3) is 10.9 Å². The summed E-state index contributed by atoms with van der Waals surface area (Å²) in [4.78, 5) is 8.91. The van der Waals surface area contributed by atoms with E-state index in [4.69, 9.17) is 4.74 Å². The Balaban J connectivity index is 1.38. The summed E-state index contributed by atoms with van der Waals surface area (Å²) in [6.45, 7) is 1.47. The molecule has 6 heteroatoms. The Kier molecular flexibility index (Phi) is 5.52. The summed E-state index contributed by atoms with van der Waals surface area (Å²) in [7, 11) is 2.00. The molecule has 0 radical (unpaired) electrons. The average molecular weight is 387 g/mol. The molecule has 0 spiro atoms. The van der Waals surface area contributed by atoms with Gasteiger partial charge in [0.25, 0.3) is 0 Å². The second-order valence-electron chi connectivity index (χ2n) is 6.85. The number of fused-ring (bicyclic) bond motifs is 1. The van der Waals surface area contributed by atoms with Crippen LogP contribution in [0.4, 0.5) is 5.69 Å². The lowest BCUT2D eigenvalue weighted by Crippen LogP contribution is -2.23. The molecular formula is C23H23N4O2+. The number of rotatable bonds is 7. The molecule has 0 aliphatic heterocycles. The molecule has 0 bridgehead atoms. The maximum Gasteiger partial charge on any atom is 0.243 e. The first-order valence-corrected chi connectivity index (χ1v) is 9.54. The number of pyridine rings is 1. The molecule has 2 aromatic carbocycles. The van der Waals surface area contributed by atoms with Gasteiger partial charge in [-0.1, -0.05) is 18.2 Å². The molecule has 0 saturated heterocycles. The van der Waals surface area contributed by atoms with Crippen LogP contribution in [0.2, 0.25) is 0 Å². The van der Waals surface area contributed by atoms with Crippen LogP contribution >= 0.6 is 0 Å². The minimum atomic E-state index is 0.136. The number of benzene rings is 2. The number of phenolic OH excluding ortho intramolecular Hbond substituents is 1. The third-order valence-electron chi connectivity index (χ3n) is 4.61. The maximum atomic E-state index is 10.3. The Labute approximate surface area is 169 Å². The van der Waals surface area contributed by atoms with Crippen LogP contribution in [-0.4, -0.2) is 27.5 Å². The molecule has 0 atom stereocenters. The highest BCUT2D eigenvalue weighted by Gasteiger charge is 2.04. The Morgan fingerprint density at radius 2 is 2.10 bits per heavy atom. The molecule has 2 aromatic heterocycles. The smallest absolute Gasteiger partial charge is 0.243 e. The van der Waals surface area contributed by atoms with Gasteiger partial charge in [-0.25, -0.2) is 9.13 Å². The molecule has 0 unspecified atom stereocenters. The molecule has 0 aliphatic rings. The Hall–Kier alpha value is -3.67. The zero-order valence-corrected chi connectivity index (χ0v) is 16.3. The van der Waals surface area contributed by atoms with Gasteiger partial charge in [0.15, 0.2) is 0 Å². The van der Waals surface area contributed by atoms with E-state index in [9.17, 15) is 5.11 Å². The highest BCUT2D eigenvalue weighted by atomic mass is 16.5. The molecule has 1 N–H and O–H groups in total. The summed E-state index contributed by atoms with van der Waals surface area (Å²) in [5.74, 6) is 0.779. The number of hydrogen-bond acceptors (Lipinski definition) is 4. The molecule has 4 rings (SSSR count). The van der Waals surface area contributed by atoms with Crippen LogP contribution < -0.4 is 9.30 Å². The van der Waals surface area contributed by atoms with Gasteiger partial charge in [-0.3, -0.25) is 9.98 Å². The number of aromatic nitrogens is 3. The molecule has 0 saturated carbocycles. The number of aromatic hydroxyl groups is 1. The third-order valence-corrected chi connectivity index (χ3v) is 4.61. The van der Waals surface area contributed by atoms with Gasteiger partial charge in [-0.2, -0.15) is 0 Å². The van der Waals surface area contributed by atoms with Crippen LogP contribution in [0.3, 0.4) is 0 Å². The summed E-state index contributed by atoms with van der Waals surface area (Å²) in [5.41, 5.74) is 2.23. The first-order valence-electron chi connectivity index (χ1n) is 9.54. The predicted molar refractivity (Wildman–Crippen MR) is 113 cm³/mol. The largest absolute Gasteiger partial charge is 0.507 e. The highest BCUT2D eigenvalue weighted by Crippen LogP contribution is 2.26. The lowest BCUT2D eigenvalue weighted by Gasteiger charge is -2.07. The number of aryl methyl sites for hydroxylation is 2.